The van der Waals surface area contributed by atoms with Gasteiger partial charge in [0.2, 0.25) is 0 Å². The monoisotopic (exact) mass is 275 g/mol. The minimum atomic E-state index is 0.496. The highest BCUT2D eigenvalue weighted by molar-refractivity contribution is 5.26. The van der Waals surface area contributed by atoms with Crippen LogP contribution in [-0.2, 0) is 6.42 Å². The quantitative estimate of drug-likeness (QED) is 0.609. The molecule has 0 N–H and O–H groups in total. The Labute approximate surface area is 126 Å². The first kappa shape index (κ1) is 17.2. The van der Waals surface area contributed by atoms with Gasteiger partial charge in [-0.2, -0.15) is 0 Å². The number of nitrogens with zero attached hydrogens (tertiary/aromatic N) is 1. The Morgan fingerprint density at radius 1 is 1.05 bits per heavy atom. The van der Waals surface area contributed by atoms with Gasteiger partial charge in [-0.3, -0.25) is 4.90 Å². The van der Waals surface area contributed by atoms with Crippen molar-refractivity contribution in [2.75, 3.05) is 7.05 Å². The third-order valence-electron chi connectivity index (χ3n) is 4.46. The molecule has 1 aromatic rings. The predicted octanol–water partition coefficient (Wildman–Crippen LogP) is 5.46. The van der Waals surface area contributed by atoms with Crippen LogP contribution in [0.4, 0.5) is 0 Å². The van der Waals surface area contributed by atoms with Gasteiger partial charge in [-0.05, 0) is 57.2 Å². The molecule has 0 heterocycles. The van der Waals surface area contributed by atoms with E-state index in [1.54, 1.807) is 0 Å². The van der Waals surface area contributed by atoms with Gasteiger partial charge in [-0.1, -0.05) is 51.5 Å². The minimum absolute atomic E-state index is 0.496. The number of hydrogen-bond donors (Lipinski definition) is 0. The molecule has 0 spiro atoms. The fourth-order valence-electron chi connectivity index (χ4n) is 2.70. The average molecular weight is 275 g/mol. The Bertz CT molecular complexity index is 383. The van der Waals surface area contributed by atoms with E-state index in [0.717, 1.165) is 5.92 Å². The van der Waals surface area contributed by atoms with Crippen molar-refractivity contribution in [2.24, 2.45) is 5.92 Å². The fourth-order valence-corrected chi connectivity index (χ4v) is 2.70. The Morgan fingerprint density at radius 3 is 2.35 bits per heavy atom. The van der Waals surface area contributed by atoms with E-state index in [0.29, 0.717) is 12.1 Å². The van der Waals surface area contributed by atoms with Crippen molar-refractivity contribution in [1.82, 2.24) is 4.90 Å². The molecule has 20 heavy (non-hydrogen) atoms. The normalized spacial score (nSPS) is 14.8. The number of rotatable bonds is 8. The lowest BCUT2D eigenvalue weighted by Crippen LogP contribution is -2.31. The van der Waals surface area contributed by atoms with Crippen molar-refractivity contribution in [3.63, 3.8) is 0 Å². The topological polar surface area (TPSA) is 3.24 Å². The Hall–Kier alpha value is -0.820. The Morgan fingerprint density at radius 2 is 1.75 bits per heavy atom. The first-order valence-corrected chi connectivity index (χ1v) is 8.26. The van der Waals surface area contributed by atoms with Crippen molar-refractivity contribution < 1.29 is 0 Å². The number of benzene rings is 1. The summed E-state index contributed by atoms with van der Waals surface area (Å²) >= 11 is 0. The second-order valence-electron chi connectivity index (χ2n) is 6.66. The van der Waals surface area contributed by atoms with Gasteiger partial charge in [0.1, 0.15) is 0 Å². The summed E-state index contributed by atoms with van der Waals surface area (Å²) in [6.45, 7) is 11.5. The highest BCUT2D eigenvalue weighted by atomic mass is 15.1. The molecule has 0 saturated carbocycles. The number of hydrogen-bond acceptors (Lipinski definition) is 1. The van der Waals surface area contributed by atoms with Crippen molar-refractivity contribution in [2.45, 2.75) is 72.4 Å². The van der Waals surface area contributed by atoms with Crippen LogP contribution in [0.2, 0.25) is 0 Å². The lowest BCUT2D eigenvalue weighted by molar-refractivity contribution is 0.187. The lowest BCUT2D eigenvalue weighted by Gasteiger charge is -2.31. The van der Waals surface area contributed by atoms with Gasteiger partial charge in [0, 0.05) is 12.1 Å². The first-order valence-electron chi connectivity index (χ1n) is 8.26. The maximum Gasteiger partial charge on any atom is 0.0319 e. The van der Waals surface area contributed by atoms with E-state index in [1.165, 1.54) is 36.8 Å². The third-order valence-corrected chi connectivity index (χ3v) is 4.46. The SMILES string of the molecule is CCCC(C)N(C)C(C)c1cccc(CCC(C)C)c1. The molecule has 1 rings (SSSR count). The molecule has 2 atom stereocenters. The molecule has 0 aliphatic carbocycles. The van der Waals surface area contributed by atoms with Crippen LogP contribution in [0, 0.1) is 5.92 Å². The minimum Gasteiger partial charge on any atom is -0.297 e. The summed E-state index contributed by atoms with van der Waals surface area (Å²) in [6, 6.07) is 10.3. The predicted molar refractivity (Wildman–Crippen MR) is 90.1 cm³/mol. The Balaban J connectivity index is 2.72. The molecule has 0 radical (unpaired) electrons. The summed E-state index contributed by atoms with van der Waals surface area (Å²) in [5.41, 5.74) is 2.94. The van der Waals surface area contributed by atoms with Crippen LogP contribution in [0.1, 0.15) is 71.0 Å². The second-order valence-corrected chi connectivity index (χ2v) is 6.66. The van der Waals surface area contributed by atoms with Crippen LogP contribution in [0.25, 0.3) is 0 Å². The van der Waals surface area contributed by atoms with Gasteiger partial charge in [0.25, 0.3) is 0 Å². The van der Waals surface area contributed by atoms with E-state index in [4.69, 9.17) is 0 Å². The zero-order chi connectivity index (χ0) is 15.1. The van der Waals surface area contributed by atoms with Crippen molar-refractivity contribution in [1.29, 1.82) is 0 Å². The van der Waals surface area contributed by atoms with Gasteiger partial charge in [0.15, 0.2) is 0 Å². The van der Waals surface area contributed by atoms with Crippen molar-refractivity contribution >= 4 is 0 Å². The lowest BCUT2D eigenvalue weighted by atomic mass is 9.98. The van der Waals surface area contributed by atoms with Crippen LogP contribution in [0.5, 0.6) is 0 Å². The van der Waals surface area contributed by atoms with Crippen LogP contribution in [0.3, 0.4) is 0 Å². The zero-order valence-corrected chi connectivity index (χ0v) is 14.3. The van der Waals surface area contributed by atoms with Gasteiger partial charge in [-0.15, -0.1) is 0 Å². The molecule has 1 nitrogen and oxygen atoms in total. The highest BCUT2D eigenvalue weighted by Crippen LogP contribution is 2.23. The van der Waals surface area contributed by atoms with E-state index in [9.17, 15) is 0 Å². The fraction of sp³-hybridized carbons (Fsp3) is 0.684. The summed E-state index contributed by atoms with van der Waals surface area (Å²) in [6.07, 6.45) is 5.01. The largest absolute Gasteiger partial charge is 0.297 e. The zero-order valence-electron chi connectivity index (χ0n) is 14.3. The molecule has 1 heteroatoms. The summed E-state index contributed by atoms with van der Waals surface area (Å²) in [7, 11) is 2.26. The van der Waals surface area contributed by atoms with Crippen molar-refractivity contribution in [3.8, 4) is 0 Å². The molecule has 0 bridgehead atoms. The van der Waals surface area contributed by atoms with Gasteiger partial charge in [-0.25, -0.2) is 0 Å². The average Bonchev–Trinajstić information content (AvgIpc) is 2.44. The number of aryl methyl sites for hydroxylation is 1. The van der Waals surface area contributed by atoms with Crippen LogP contribution in [0.15, 0.2) is 24.3 Å². The molecular formula is C19H33N. The molecule has 0 amide bonds. The summed E-state index contributed by atoms with van der Waals surface area (Å²) in [4.78, 5) is 2.51. The van der Waals surface area contributed by atoms with Crippen LogP contribution in [-0.4, -0.2) is 18.0 Å². The van der Waals surface area contributed by atoms with Crippen LogP contribution < -0.4 is 0 Å². The second kappa shape index (κ2) is 8.46. The molecule has 1 aromatic carbocycles. The maximum absolute atomic E-state index is 2.51. The molecule has 0 saturated heterocycles. The Kier molecular flexibility index (Phi) is 7.29. The summed E-state index contributed by atoms with van der Waals surface area (Å²) < 4.78 is 0. The first-order chi connectivity index (χ1) is 9.45. The van der Waals surface area contributed by atoms with E-state index in [2.05, 4.69) is 70.8 Å². The highest BCUT2D eigenvalue weighted by Gasteiger charge is 2.16. The molecule has 2 unspecified atom stereocenters. The molecule has 0 aliphatic rings. The third kappa shape index (κ3) is 5.28. The smallest absolute Gasteiger partial charge is 0.0319 e. The molecule has 0 fully saturated rings. The van der Waals surface area contributed by atoms with E-state index >= 15 is 0 Å². The van der Waals surface area contributed by atoms with E-state index < -0.39 is 0 Å². The molecule has 114 valence electrons. The van der Waals surface area contributed by atoms with E-state index in [-0.39, 0.29) is 0 Å². The van der Waals surface area contributed by atoms with Gasteiger partial charge < -0.3 is 0 Å². The van der Waals surface area contributed by atoms with Crippen LogP contribution >= 0.6 is 0 Å². The molecule has 0 aromatic heterocycles. The molecular weight excluding hydrogens is 242 g/mol. The van der Waals surface area contributed by atoms with Gasteiger partial charge >= 0.3 is 0 Å². The van der Waals surface area contributed by atoms with E-state index in [1.807, 2.05) is 0 Å². The standard InChI is InChI=1S/C19H33N/c1-7-9-16(4)20(6)17(5)19-11-8-10-18(14-19)13-12-15(2)3/h8,10-11,14-17H,7,9,12-13H2,1-6H3. The summed E-state index contributed by atoms with van der Waals surface area (Å²) in [5.74, 6) is 0.781. The van der Waals surface area contributed by atoms with Crippen molar-refractivity contribution in [3.05, 3.63) is 35.4 Å². The maximum atomic E-state index is 2.51. The van der Waals surface area contributed by atoms with Gasteiger partial charge in [0.05, 0.1) is 0 Å². The summed E-state index contributed by atoms with van der Waals surface area (Å²) in [5, 5.41) is 0. The molecule has 0 aliphatic heterocycles.